The quantitative estimate of drug-likeness (QED) is 0.661. The second kappa shape index (κ2) is 7.92. The SMILES string of the molecule is O=C(Nc1ccc(Cl)cc1)[C@@H]1[C@@H]2C(=O)N(c3ccc(Cl)cc3Cl)C(=O)[C@@H]2[C@@H]2C=CC=NN12. The van der Waals surface area contributed by atoms with Crippen LogP contribution < -0.4 is 10.2 Å². The highest BCUT2D eigenvalue weighted by atomic mass is 35.5. The molecule has 5 rings (SSSR count). The zero-order valence-corrected chi connectivity index (χ0v) is 18.6. The van der Waals surface area contributed by atoms with Crippen LogP contribution in [0.5, 0.6) is 0 Å². The number of nitrogens with zero attached hydrogens (tertiary/aromatic N) is 3. The standard InChI is InChI=1S/C22H15Cl3N4O3/c23-11-3-6-13(7-4-11)27-20(30)19-18-17(16-2-1-9-26-29(16)19)21(31)28(22(18)32)15-8-5-12(24)10-14(15)25/h1-10,16-19H,(H,27,30)/t16-,17+,18+,19-/m0/s1. The van der Waals surface area contributed by atoms with Crippen LogP contribution in [0.2, 0.25) is 15.1 Å². The Balaban J connectivity index is 1.52. The second-order valence-electron chi connectivity index (χ2n) is 7.62. The first kappa shape index (κ1) is 21.0. The Morgan fingerprint density at radius 1 is 0.938 bits per heavy atom. The molecule has 0 spiro atoms. The summed E-state index contributed by atoms with van der Waals surface area (Å²) >= 11 is 18.2. The van der Waals surface area contributed by atoms with Gasteiger partial charge in [-0.2, -0.15) is 5.10 Å². The molecule has 0 unspecified atom stereocenters. The maximum atomic E-state index is 13.5. The highest BCUT2D eigenvalue weighted by Gasteiger charge is 2.64. The fourth-order valence-electron chi connectivity index (χ4n) is 4.49. The van der Waals surface area contributed by atoms with E-state index in [1.807, 2.05) is 0 Å². The minimum atomic E-state index is -0.977. The molecule has 32 heavy (non-hydrogen) atoms. The molecule has 2 aromatic rings. The van der Waals surface area contributed by atoms with Crippen molar-refractivity contribution in [2.75, 3.05) is 10.2 Å². The summed E-state index contributed by atoms with van der Waals surface area (Å²) in [5, 5.41) is 9.72. The molecule has 0 aliphatic carbocycles. The van der Waals surface area contributed by atoms with Crippen LogP contribution in [0.15, 0.2) is 59.7 Å². The molecule has 3 heterocycles. The van der Waals surface area contributed by atoms with Crippen LogP contribution >= 0.6 is 34.8 Å². The predicted molar refractivity (Wildman–Crippen MR) is 123 cm³/mol. The molecule has 0 radical (unpaired) electrons. The maximum Gasteiger partial charge on any atom is 0.249 e. The molecule has 4 atom stereocenters. The minimum Gasteiger partial charge on any atom is -0.324 e. The van der Waals surface area contributed by atoms with Crippen molar-refractivity contribution in [3.8, 4) is 0 Å². The van der Waals surface area contributed by atoms with Gasteiger partial charge in [-0.25, -0.2) is 4.90 Å². The van der Waals surface area contributed by atoms with Gasteiger partial charge in [0.25, 0.3) is 0 Å². The van der Waals surface area contributed by atoms with Gasteiger partial charge >= 0.3 is 0 Å². The van der Waals surface area contributed by atoms with Gasteiger partial charge in [-0.1, -0.05) is 40.9 Å². The Morgan fingerprint density at radius 2 is 1.62 bits per heavy atom. The summed E-state index contributed by atoms with van der Waals surface area (Å²) in [5.41, 5.74) is 0.762. The van der Waals surface area contributed by atoms with Gasteiger partial charge in [0, 0.05) is 21.9 Å². The third-order valence-corrected chi connectivity index (χ3v) is 6.61. The molecule has 2 saturated heterocycles. The smallest absolute Gasteiger partial charge is 0.249 e. The van der Waals surface area contributed by atoms with Crippen LogP contribution in [0.1, 0.15) is 0 Å². The Morgan fingerprint density at radius 3 is 2.34 bits per heavy atom. The number of carbonyl (C=O) groups is 3. The van der Waals surface area contributed by atoms with Gasteiger partial charge in [-0.15, -0.1) is 0 Å². The van der Waals surface area contributed by atoms with Crippen LogP contribution in [0, 0.1) is 11.8 Å². The van der Waals surface area contributed by atoms with Gasteiger partial charge in [0.1, 0.15) is 6.04 Å². The van der Waals surface area contributed by atoms with E-state index in [9.17, 15) is 14.4 Å². The Hall–Kier alpha value is -2.87. The first-order valence-electron chi connectivity index (χ1n) is 9.75. The van der Waals surface area contributed by atoms with Crippen molar-refractivity contribution in [3.63, 3.8) is 0 Å². The molecule has 162 valence electrons. The van der Waals surface area contributed by atoms with E-state index in [4.69, 9.17) is 34.8 Å². The number of hydrogen-bond donors (Lipinski definition) is 1. The summed E-state index contributed by atoms with van der Waals surface area (Å²) in [6.45, 7) is 0. The Kier molecular flexibility index (Phi) is 5.20. The number of hydrazone groups is 1. The van der Waals surface area contributed by atoms with Crippen molar-refractivity contribution < 1.29 is 14.4 Å². The fourth-order valence-corrected chi connectivity index (χ4v) is 5.11. The minimum absolute atomic E-state index is 0.176. The summed E-state index contributed by atoms with van der Waals surface area (Å²) < 4.78 is 0. The van der Waals surface area contributed by atoms with E-state index in [-0.39, 0.29) is 10.7 Å². The van der Waals surface area contributed by atoms with Gasteiger partial charge in [-0.3, -0.25) is 19.4 Å². The van der Waals surface area contributed by atoms with Crippen LogP contribution in [0.4, 0.5) is 11.4 Å². The Labute approximate surface area is 198 Å². The van der Waals surface area contributed by atoms with E-state index in [0.717, 1.165) is 4.90 Å². The lowest BCUT2D eigenvalue weighted by molar-refractivity contribution is -0.129. The molecule has 7 nitrogen and oxygen atoms in total. The number of anilines is 2. The number of fused-ring (bicyclic) bond motifs is 3. The van der Waals surface area contributed by atoms with E-state index in [1.165, 1.54) is 23.4 Å². The molecule has 2 aromatic carbocycles. The van der Waals surface area contributed by atoms with Crippen molar-refractivity contribution >= 4 is 70.1 Å². The number of carbonyl (C=O) groups excluding carboxylic acids is 3. The summed E-state index contributed by atoms with van der Waals surface area (Å²) in [7, 11) is 0. The summed E-state index contributed by atoms with van der Waals surface area (Å²) in [6.07, 6.45) is 5.01. The highest BCUT2D eigenvalue weighted by molar-refractivity contribution is 6.38. The summed E-state index contributed by atoms with van der Waals surface area (Å²) in [5.74, 6) is -3.07. The van der Waals surface area contributed by atoms with Crippen LogP contribution in [-0.4, -0.2) is 41.0 Å². The van der Waals surface area contributed by atoms with Crippen molar-refractivity contribution in [2.24, 2.45) is 16.9 Å². The highest BCUT2D eigenvalue weighted by Crippen LogP contribution is 2.46. The molecule has 0 aromatic heterocycles. The van der Waals surface area contributed by atoms with E-state index < -0.39 is 41.6 Å². The van der Waals surface area contributed by atoms with Gasteiger partial charge in [0.05, 0.1) is 28.6 Å². The third-order valence-electron chi connectivity index (χ3n) is 5.82. The van der Waals surface area contributed by atoms with E-state index in [2.05, 4.69) is 10.4 Å². The van der Waals surface area contributed by atoms with Crippen molar-refractivity contribution in [1.82, 2.24) is 5.01 Å². The van der Waals surface area contributed by atoms with Crippen LogP contribution in [0.3, 0.4) is 0 Å². The lowest BCUT2D eigenvalue weighted by atomic mass is 9.88. The number of benzene rings is 2. The molecule has 1 N–H and O–H groups in total. The van der Waals surface area contributed by atoms with E-state index >= 15 is 0 Å². The molecule has 0 saturated carbocycles. The number of hydrogen-bond acceptors (Lipinski definition) is 5. The summed E-state index contributed by atoms with van der Waals surface area (Å²) in [4.78, 5) is 41.3. The number of nitrogens with one attached hydrogen (secondary N) is 1. The lowest BCUT2D eigenvalue weighted by Gasteiger charge is -2.30. The molecular weight excluding hydrogens is 475 g/mol. The average molecular weight is 490 g/mol. The largest absolute Gasteiger partial charge is 0.324 e. The zero-order valence-electron chi connectivity index (χ0n) is 16.3. The van der Waals surface area contributed by atoms with Crippen molar-refractivity contribution in [2.45, 2.75) is 12.1 Å². The van der Waals surface area contributed by atoms with Gasteiger partial charge in [0.2, 0.25) is 17.7 Å². The zero-order chi connectivity index (χ0) is 22.6. The van der Waals surface area contributed by atoms with E-state index in [0.29, 0.717) is 15.7 Å². The molecule has 3 aliphatic rings. The second-order valence-corrected chi connectivity index (χ2v) is 8.90. The molecule has 3 aliphatic heterocycles. The molecule has 0 bridgehead atoms. The molecule has 3 amide bonds. The van der Waals surface area contributed by atoms with Crippen molar-refractivity contribution in [1.29, 1.82) is 0 Å². The van der Waals surface area contributed by atoms with Gasteiger partial charge < -0.3 is 5.32 Å². The number of halogens is 3. The maximum absolute atomic E-state index is 13.5. The van der Waals surface area contributed by atoms with E-state index in [1.54, 1.807) is 42.5 Å². The number of amides is 3. The molecule has 10 heteroatoms. The normalized spacial score (nSPS) is 25.8. The van der Waals surface area contributed by atoms with Gasteiger partial charge in [0.15, 0.2) is 0 Å². The summed E-state index contributed by atoms with van der Waals surface area (Å²) in [6, 6.07) is 9.65. The topological polar surface area (TPSA) is 82.1 Å². The molecular formula is C22H15Cl3N4O3. The number of allylic oxidation sites excluding steroid dienone is 1. The average Bonchev–Trinajstić information content (AvgIpc) is 3.23. The first-order chi connectivity index (χ1) is 15.4. The molecule has 2 fully saturated rings. The van der Waals surface area contributed by atoms with Crippen molar-refractivity contribution in [3.05, 3.63) is 69.7 Å². The predicted octanol–water partition coefficient (Wildman–Crippen LogP) is 4.00. The fraction of sp³-hybridized carbons (Fsp3) is 0.182. The first-order valence-corrected chi connectivity index (χ1v) is 10.9. The van der Waals surface area contributed by atoms with Gasteiger partial charge in [-0.05, 0) is 48.5 Å². The van der Waals surface area contributed by atoms with Crippen LogP contribution in [0.25, 0.3) is 0 Å². The Bertz CT molecular complexity index is 1200. The number of rotatable bonds is 3. The third kappa shape index (κ3) is 3.28. The monoisotopic (exact) mass is 488 g/mol. The van der Waals surface area contributed by atoms with Crippen LogP contribution in [-0.2, 0) is 14.4 Å². The lowest BCUT2D eigenvalue weighted by Crippen LogP contribution is -2.47. The number of imide groups is 1.